The van der Waals surface area contributed by atoms with Gasteiger partial charge in [0.1, 0.15) is 5.82 Å². The summed E-state index contributed by atoms with van der Waals surface area (Å²) in [6, 6.07) is 2.32. The molecular weight excluding hydrogens is 351 g/mol. The Balaban J connectivity index is 1.53. The first-order chi connectivity index (χ1) is 12.4. The SMILES string of the molecule is CCc1nnc(CNC(=O)C2CCN(c3ccc(C(F)(F)F)cn3)C2)o1. The van der Waals surface area contributed by atoms with Crippen LogP contribution in [0.2, 0.25) is 0 Å². The molecule has 1 unspecified atom stereocenters. The molecule has 10 heteroatoms. The number of rotatable bonds is 5. The predicted octanol–water partition coefficient (Wildman–Crippen LogP) is 2.19. The zero-order valence-corrected chi connectivity index (χ0v) is 14.1. The van der Waals surface area contributed by atoms with Gasteiger partial charge < -0.3 is 14.6 Å². The van der Waals surface area contributed by atoms with E-state index in [2.05, 4.69) is 20.5 Å². The van der Waals surface area contributed by atoms with Crippen molar-refractivity contribution in [3.05, 3.63) is 35.7 Å². The molecule has 0 aromatic carbocycles. The van der Waals surface area contributed by atoms with Crippen molar-refractivity contribution in [2.45, 2.75) is 32.5 Å². The normalized spacial score (nSPS) is 17.5. The lowest BCUT2D eigenvalue weighted by Crippen LogP contribution is -2.32. The molecule has 7 nitrogen and oxygen atoms in total. The number of nitrogens with zero attached hydrogens (tertiary/aromatic N) is 4. The van der Waals surface area contributed by atoms with Crippen LogP contribution in [0.1, 0.15) is 30.7 Å². The Bertz CT molecular complexity index is 760. The van der Waals surface area contributed by atoms with Crippen molar-refractivity contribution in [2.24, 2.45) is 5.92 Å². The summed E-state index contributed by atoms with van der Waals surface area (Å²) in [5, 5.41) is 10.4. The summed E-state index contributed by atoms with van der Waals surface area (Å²) in [7, 11) is 0. The van der Waals surface area contributed by atoms with E-state index in [1.165, 1.54) is 6.07 Å². The molecule has 26 heavy (non-hydrogen) atoms. The molecule has 0 spiro atoms. The molecule has 2 aromatic rings. The lowest BCUT2D eigenvalue weighted by molar-refractivity contribution is -0.137. The van der Waals surface area contributed by atoms with Crippen LogP contribution in [-0.4, -0.2) is 34.2 Å². The van der Waals surface area contributed by atoms with E-state index in [4.69, 9.17) is 4.42 Å². The summed E-state index contributed by atoms with van der Waals surface area (Å²) in [5.74, 6) is 0.852. The van der Waals surface area contributed by atoms with Crippen LogP contribution in [0.4, 0.5) is 19.0 Å². The number of aryl methyl sites for hydroxylation is 1. The highest BCUT2D eigenvalue weighted by Gasteiger charge is 2.32. The molecule has 3 heterocycles. The van der Waals surface area contributed by atoms with Gasteiger partial charge in [-0.05, 0) is 18.6 Å². The second-order valence-electron chi connectivity index (χ2n) is 6.00. The van der Waals surface area contributed by atoms with Gasteiger partial charge >= 0.3 is 6.18 Å². The van der Waals surface area contributed by atoms with E-state index in [-0.39, 0.29) is 18.4 Å². The van der Waals surface area contributed by atoms with Crippen LogP contribution >= 0.6 is 0 Å². The molecule has 1 amide bonds. The zero-order chi connectivity index (χ0) is 18.7. The van der Waals surface area contributed by atoms with E-state index in [9.17, 15) is 18.0 Å². The highest BCUT2D eigenvalue weighted by molar-refractivity contribution is 5.79. The number of hydrogen-bond donors (Lipinski definition) is 1. The summed E-state index contributed by atoms with van der Waals surface area (Å²) < 4.78 is 43.1. The average molecular weight is 369 g/mol. The summed E-state index contributed by atoms with van der Waals surface area (Å²) in [6.07, 6.45) is -2.38. The smallest absolute Gasteiger partial charge is 0.417 e. The zero-order valence-electron chi connectivity index (χ0n) is 14.1. The van der Waals surface area contributed by atoms with E-state index in [0.717, 1.165) is 12.3 Å². The van der Waals surface area contributed by atoms with Crippen LogP contribution in [0.5, 0.6) is 0 Å². The van der Waals surface area contributed by atoms with Crippen molar-refractivity contribution < 1.29 is 22.4 Å². The first-order valence-corrected chi connectivity index (χ1v) is 8.24. The van der Waals surface area contributed by atoms with Crippen LogP contribution in [0, 0.1) is 5.92 Å². The Labute approximate surface area is 147 Å². The fraction of sp³-hybridized carbons (Fsp3) is 0.500. The summed E-state index contributed by atoms with van der Waals surface area (Å²) in [6.45, 7) is 2.99. The first-order valence-electron chi connectivity index (χ1n) is 8.24. The van der Waals surface area contributed by atoms with Gasteiger partial charge in [-0.25, -0.2) is 4.98 Å². The van der Waals surface area contributed by atoms with Crippen molar-refractivity contribution in [1.29, 1.82) is 0 Å². The largest absolute Gasteiger partial charge is 0.423 e. The number of pyridine rings is 1. The number of halogens is 3. The fourth-order valence-electron chi connectivity index (χ4n) is 2.73. The van der Waals surface area contributed by atoms with Crippen LogP contribution < -0.4 is 10.2 Å². The van der Waals surface area contributed by atoms with Crippen molar-refractivity contribution in [2.75, 3.05) is 18.0 Å². The summed E-state index contributed by atoms with van der Waals surface area (Å²) >= 11 is 0. The molecule has 2 aromatic heterocycles. The van der Waals surface area contributed by atoms with Gasteiger partial charge in [0, 0.05) is 25.7 Å². The maximum atomic E-state index is 12.6. The minimum Gasteiger partial charge on any atom is -0.423 e. The predicted molar refractivity (Wildman–Crippen MR) is 85.1 cm³/mol. The van der Waals surface area contributed by atoms with Crippen molar-refractivity contribution in [1.82, 2.24) is 20.5 Å². The number of amides is 1. The maximum absolute atomic E-state index is 12.6. The van der Waals surface area contributed by atoms with Crippen LogP contribution in [0.25, 0.3) is 0 Å². The van der Waals surface area contributed by atoms with E-state index < -0.39 is 11.7 Å². The van der Waals surface area contributed by atoms with Crippen LogP contribution in [0.3, 0.4) is 0 Å². The molecular formula is C16H18F3N5O2. The molecule has 0 bridgehead atoms. The Hall–Kier alpha value is -2.65. The Morgan fingerprint density at radius 2 is 2.12 bits per heavy atom. The third-order valence-electron chi connectivity index (χ3n) is 4.18. The Kier molecular flexibility index (Phi) is 5.10. The minimum absolute atomic E-state index is 0.154. The van der Waals surface area contributed by atoms with Crippen LogP contribution in [0.15, 0.2) is 22.7 Å². The average Bonchev–Trinajstić information content (AvgIpc) is 3.28. The topological polar surface area (TPSA) is 84.2 Å². The Morgan fingerprint density at radius 3 is 2.73 bits per heavy atom. The van der Waals surface area contributed by atoms with Gasteiger partial charge in [-0.3, -0.25) is 4.79 Å². The molecule has 1 N–H and O–H groups in total. The quantitative estimate of drug-likeness (QED) is 0.870. The molecule has 140 valence electrons. The number of alkyl halides is 3. The van der Waals surface area contributed by atoms with E-state index in [1.807, 2.05) is 6.92 Å². The second kappa shape index (κ2) is 7.30. The van der Waals surface area contributed by atoms with Gasteiger partial charge in [0.25, 0.3) is 0 Å². The minimum atomic E-state index is -4.41. The molecule has 1 saturated heterocycles. The maximum Gasteiger partial charge on any atom is 0.417 e. The molecule has 1 aliphatic heterocycles. The summed E-state index contributed by atoms with van der Waals surface area (Å²) in [4.78, 5) is 17.9. The van der Waals surface area contributed by atoms with Gasteiger partial charge in [-0.15, -0.1) is 10.2 Å². The molecule has 1 fully saturated rings. The van der Waals surface area contributed by atoms with Crippen LogP contribution in [-0.2, 0) is 23.9 Å². The first kappa shape index (κ1) is 18.2. The highest BCUT2D eigenvalue weighted by atomic mass is 19.4. The standard InChI is InChI=1S/C16H18F3N5O2/c1-2-13-22-23-14(26-13)8-21-15(25)10-5-6-24(9-10)12-4-3-11(7-20-12)16(17,18)19/h3-4,7,10H,2,5-6,8-9H2,1H3,(H,21,25). The van der Waals surface area contributed by atoms with Crippen molar-refractivity contribution in [3.63, 3.8) is 0 Å². The van der Waals surface area contributed by atoms with Crippen molar-refractivity contribution in [3.8, 4) is 0 Å². The van der Waals surface area contributed by atoms with E-state index in [1.54, 1.807) is 4.90 Å². The molecule has 0 aliphatic carbocycles. The lowest BCUT2D eigenvalue weighted by atomic mass is 10.1. The number of anilines is 1. The molecule has 0 saturated carbocycles. The van der Waals surface area contributed by atoms with E-state index in [0.29, 0.717) is 43.5 Å². The fourth-order valence-corrected chi connectivity index (χ4v) is 2.73. The number of aromatic nitrogens is 3. The van der Waals surface area contributed by atoms with Crippen molar-refractivity contribution >= 4 is 11.7 Å². The third kappa shape index (κ3) is 4.12. The number of nitrogens with one attached hydrogen (secondary N) is 1. The second-order valence-corrected chi connectivity index (χ2v) is 6.00. The van der Waals surface area contributed by atoms with Gasteiger partial charge in [0.15, 0.2) is 0 Å². The lowest BCUT2D eigenvalue weighted by Gasteiger charge is -2.18. The molecule has 1 aliphatic rings. The highest BCUT2D eigenvalue weighted by Crippen LogP contribution is 2.30. The monoisotopic (exact) mass is 369 g/mol. The van der Waals surface area contributed by atoms with E-state index >= 15 is 0 Å². The summed E-state index contributed by atoms with van der Waals surface area (Å²) in [5.41, 5.74) is -0.791. The molecule has 0 radical (unpaired) electrons. The molecule has 1 atom stereocenters. The van der Waals surface area contributed by atoms with Gasteiger partial charge in [0.05, 0.1) is 18.0 Å². The van der Waals surface area contributed by atoms with Gasteiger partial charge in [-0.1, -0.05) is 6.92 Å². The van der Waals surface area contributed by atoms with Gasteiger partial charge in [0.2, 0.25) is 17.7 Å². The number of hydrogen-bond acceptors (Lipinski definition) is 6. The third-order valence-corrected chi connectivity index (χ3v) is 4.18. The number of carbonyl (C=O) groups excluding carboxylic acids is 1. The molecule has 3 rings (SSSR count). The number of carbonyl (C=O) groups is 1. The Morgan fingerprint density at radius 1 is 1.35 bits per heavy atom. The van der Waals surface area contributed by atoms with Gasteiger partial charge in [-0.2, -0.15) is 13.2 Å².